The Morgan fingerprint density at radius 2 is 2.00 bits per heavy atom. The van der Waals surface area contributed by atoms with Gasteiger partial charge in [-0.1, -0.05) is 0 Å². The summed E-state index contributed by atoms with van der Waals surface area (Å²) in [5.41, 5.74) is 1.29. The number of carbonyl (C=O) groups is 1. The van der Waals surface area contributed by atoms with Gasteiger partial charge in [0.25, 0.3) is 0 Å². The third-order valence-corrected chi connectivity index (χ3v) is 4.96. The summed E-state index contributed by atoms with van der Waals surface area (Å²) < 4.78 is 0. The van der Waals surface area contributed by atoms with Crippen molar-refractivity contribution in [3.05, 3.63) is 15.6 Å². The molecule has 136 valence electrons. The Morgan fingerprint density at radius 1 is 1.29 bits per heavy atom. The number of thiazole rings is 1. The molecule has 0 saturated heterocycles. The standard InChI is InChI=1S/C16H27N5OS.HI/c1-5-17-16(18-10-15(22)20(2)3)21(4)11-14-19-12-8-6-7-9-13(12)23-14;/h5-11H2,1-4H3,(H,17,18);1H. The zero-order valence-corrected chi connectivity index (χ0v) is 18.1. The van der Waals surface area contributed by atoms with Gasteiger partial charge in [-0.3, -0.25) is 4.79 Å². The molecule has 1 N–H and O–H groups in total. The summed E-state index contributed by atoms with van der Waals surface area (Å²) in [6, 6.07) is 0. The number of nitrogens with zero attached hydrogens (tertiary/aromatic N) is 4. The monoisotopic (exact) mass is 465 g/mol. The molecular formula is C16H28IN5OS. The Balaban J connectivity index is 0.00000288. The second-order valence-electron chi connectivity index (χ2n) is 6.00. The molecule has 0 unspecified atom stereocenters. The minimum absolute atomic E-state index is 0. The number of carbonyl (C=O) groups excluding carboxylic acids is 1. The smallest absolute Gasteiger partial charge is 0.243 e. The van der Waals surface area contributed by atoms with Gasteiger partial charge in [-0.25, -0.2) is 9.98 Å². The lowest BCUT2D eigenvalue weighted by molar-refractivity contribution is -0.127. The molecule has 1 aliphatic carbocycles. The fourth-order valence-electron chi connectivity index (χ4n) is 2.50. The number of aliphatic imine (C=N–C) groups is 1. The van der Waals surface area contributed by atoms with Crippen molar-refractivity contribution in [2.75, 3.05) is 34.2 Å². The molecule has 8 heteroatoms. The molecule has 1 amide bonds. The number of guanidine groups is 1. The first-order valence-corrected chi connectivity index (χ1v) is 9.00. The first kappa shape index (κ1) is 21.1. The minimum Gasteiger partial charge on any atom is -0.357 e. The van der Waals surface area contributed by atoms with Crippen molar-refractivity contribution in [1.29, 1.82) is 0 Å². The maximum Gasteiger partial charge on any atom is 0.243 e. The Bertz CT molecular complexity index is 549. The van der Waals surface area contributed by atoms with Crippen LogP contribution in [0.25, 0.3) is 0 Å². The highest BCUT2D eigenvalue weighted by molar-refractivity contribution is 14.0. The van der Waals surface area contributed by atoms with E-state index in [1.165, 1.54) is 29.8 Å². The van der Waals surface area contributed by atoms with Crippen LogP contribution in [0, 0.1) is 0 Å². The number of fused-ring (bicyclic) bond motifs is 1. The van der Waals surface area contributed by atoms with Crippen LogP contribution in [0.2, 0.25) is 0 Å². The molecule has 6 nitrogen and oxygen atoms in total. The van der Waals surface area contributed by atoms with E-state index in [0.717, 1.165) is 30.5 Å². The molecule has 1 aromatic heterocycles. The second kappa shape index (κ2) is 10.2. The number of likely N-dealkylation sites (N-methyl/N-ethyl adjacent to an activating group) is 1. The van der Waals surface area contributed by atoms with Crippen molar-refractivity contribution >= 4 is 47.2 Å². The Kier molecular flexibility index (Phi) is 8.96. The molecule has 0 bridgehead atoms. The molecule has 0 saturated carbocycles. The number of amides is 1. The van der Waals surface area contributed by atoms with E-state index in [1.807, 2.05) is 30.2 Å². The van der Waals surface area contributed by atoms with Crippen molar-refractivity contribution in [1.82, 2.24) is 20.1 Å². The number of hydrogen-bond acceptors (Lipinski definition) is 4. The van der Waals surface area contributed by atoms with Crippen LogP contribution in [0.1, 0.15) is 35.3 Å². The zero-order valence-electron chi connectivity index (χ0n) is 15.0. The number of hydrogen-bond donors (Lipinski definition) is 1. The van der Waals surface area contributed by atoms with E-state index in [0.29, 0.717) is 0 Å². The third-order valence-electron chi connectivity index (χ3n) is 3.82. The fourth-order valence-corrected chi connectivity index (χ4v) is 3.71. The normalized spacial score (nSPS) is 13.8. The lowest BCUT2D eigenvalue weighted by atomic mass is 10.0. The highest BCUT2D eigenvalue weighted by atomic mass is 127. The van der Waals surface area contributed by atoms with E-state index in [9.17, 15) is 4.79 Å². The summed E-state index contributed by atoms with van der Waals surface area (Å²) >= 11 is 1.82. The quantitative estimate of drug-likeness (QED) is 0.411. The number of aromatic nitrogens is 1. The van der Waals surface area contributed by atoms with Gasteiger partial charge < -0.3 is 15.1 Å². The van der Waals surface area contributed by atoms with Crippen LogP contribution in [0.3, 0.4) is 0 Å². The molecule has 0 radical (unpaired) electrons. The molecule has 1 aromatic rings. The number of rotatable bonds is 5. The molecule has 0 aliphatic heterocycles. The van der Waals surface area contributed by atoms with Crippen molar-refractivity contribution in [3.8, 4) is 0 Å². The SMILES string of the molecule is CCNC(=NCC(=O)N(C)C)N(C)Cc1nc2c(s1)CCCC2.I. The summed E-state index contributed by atoms with van der Waals surface area (Å²) in [6.07, 6.45) is 4.81. The van der Waals surface area contributed by atoms with Gasteiger partial charge in [-0.15, -0.1) is 35.3 Å². The predicted molar refractivity (Wildman–Crippen MR) is 110 cm³/mol. The van der Waals surface area contributed by atoms with Gasteiger partial charge in [0, 0.05) is 32.6 Å². The topological polar surface area (TPSA) is 60.8 Å². The van der Waals surface area contributed by atoms with Gasteiger partial charge in [0.15, 0.2) is 5.96 Å². The summed E-state index contributed by atoms with van der Waals surface area (Å²) in [5.74, 6) is 0.745. The van der Waals surface area contributed by atoms with Crippen molar-refractivity contribution < 1.29 is 4.79 Å². The summed E-state index contributed by atoms with van der Waals surface area (Å²) in [6.45, 7) is 3.68. The minimum atomic E-state index is -0.00137. The lowest BCUT2D eigenvalue weighted by Gasteiger charge is -2.21. The van der Waals surface area contributed by atoms with Gasteiger partial charge in [-0.2, -0.15) is 0 Å². The van der Waals surface area contributed by atoms with Gasteiger partial charge in [0.05, 0.1) is 12.2 Å². The van der Waals surface area contributed by atoms with E-state index in [4.69, 9.17) is 4.98 Å². The summed E-state index contributed by atoms with van der Waals surface area (Å²) in [4.78, 5) is 26.0. The van der Waals surface area contributed by atoms with E-state index in [-0.39, 0.29) is 36.4 Å². The van der Waals surface area contributed by atoms with Crippen molar-refractivity contribution in [3.63, 3.8) is 0 Å². The predicted octanol–water partition coefficient (Wildman–Crippen LogP) is 2.13. The van der Waals surface area contributed by atoms with Gasteiger partial charge in [0.2, 0.25) is 5.91 Å². The maximum atomic E-state index is 11.7. The van der Waals surface area contributed by atoms with E-state index in [1.54, 1.807) is 19.0 Å². The highest BCUT2D eigenvalue weighted by Crippen LogP contribution is 2.27. The third kappa shape index (κ3) is 5.87. The molecule has 1 aliphatic rings. The Labute approximate surface area is 165 Å². The molecule has 0 fully saturated rings. The average molecular weight is 465 g/mol. The zero-order chi connectivity index (χ0) is 16.8. The number of aryl methyl sites for hydroxylation is 2. The van der Waals surface area contributed by atoms with Gasteiger partial charge in [0.1, 0.15) is 11.6 Å². The van der Waals surface area contributed by atoms with Crippen molar-refractivity contribution in [2.45, 2.75) is 39.2 Å². The summed E-state index contributed by atoms with van der Waals surface area (Å²) in [5, 5.41) is 4.37. The van der Waals surface area contributed by atoms with Crippen molar-refractivity contribution in [2.24, 2.45) is 4.99 Å². The van der Waals surface area contributed by atoms with E-state index >= 15 is 0 Å². The summed E-state index contributed by atoms with van der Waals surface area (Å²) in [7, 11) is 5.48. The van der Waals surface area contributed by atoms with Gasteiger partial charge in [-0.05, 0) is 32.6 Å². The van der Waals surface area contributed by atoms with Crippen LogP contribution < -0.4 is 5.32 Å². The first-order valence-electron chi connectivity index (χ1n) is 8.18. The number of nitrogens with one attached hydrogen (secondary N) is 1. The van der Waals surface area contributed by atoms with Crippen LogP contribution in [-0.4, -0.2) is 60.9 Å². The molecule has 0 atom stereocenters. The molecule has 24 heavy (non-hydrogen) atoms. The molecule has 1 heterocycles. The van der Waals surface area contributed by atoms with Gasteiger partial charge >= 0.3 is 0 Å². The van der Waals surface area contributed by atoms with Crippen LogP contribution >= 0.6 is 35.3 Å². The maximum absolute atomic E-state index is 11.7. The van der Waals surface area contributed by atoms with Crippen LogP contribution in [0.4, 0.5) is 0 Å². The van der Waals surface area contributed by atoms with Crippen LogP contribution in [-0.2, 0) is 24.2 Å². The average Bonchev–Trinajstić information content (AvgIpc) is 2.92. The molecule has 0 spiro atoms. The molecule has 0 aromatic carbocycles. The van der Waals surface area contributed by atoms with Crippen LogP contribution in [0.15, 0.2) is 4.99 Å². The van der Waals surface area contributed by atoms with E-state index in [2.05, 4.69) is 10.3 Å². The molecular weight excluding hydrogens is 437 g/mol. The fraction of sp³-hybridized carbons (Fsp3) is 0.688. The van der Waals surface area contributed by atoms with Crippen LogP contribution in [0.5, 0.6) is 0 Å². The Hall–Kier alpha value is -0.900. The largest absolute Gasteiger partial charge is 0.357 e. The first-order chi connectivity index (χ1) is 11.0. The molecule has 2 rings (SSSR count). The second-order valence-corrected chi connectivity index (χ2v) is 7.17. The van der Waals surface area contributed by atoms with E-state index < -0.39 is 0 Å². The Morgan fingerprint density at radius 3 is 2.62 bits per heavy atom. The number of halogens is 1. The lowest BCUT2D eigenvalue weighted by Crippen LogP contribution is -2.39. The highest BCUT2D eigenvalue weighted by Gasteiger charge is 2.17.